The summed E-state index contributed by atoms with van der Waals surface area (Å²) in [4.78, 5) is 4.54. The molecule has 0 aromatic heterocycles. The Morgan fingerprint density at radius 1 is 1.22 bits per heavy atom. The lowest BCUT2D eigenvalue weighted by atomic mass is 9.81. The Morgan fingerprint density at radius 3 is 2.52 bits per heavy atom. The molecule has 3 N–H and O–H groups in total. The van der Waals surface area contributed by atoms with Crippen molar-refractivity contribution >= 4 is 35.6 Å². The van der Waals surface area contributed by atoms with Crippen LogP contribution in [0.5, 0.6) is 0 Å². The summed E-state index contributed by atoms with van der Waals surface area (Å²) in [5, 5.41) is 3.20. The summed E-state index contributed by atoms with van der Waals surface area (Å²) in [7, 11) is 1.70. The van der Waals surface area contributed by atoms with Gasteiger partial charge in [0.25, 0.3) is 0 Å². The largest absolute Gasteiger partial charge is 0.380 e. The molecule has 1 aliphatic carbocycles. The van der Waals surface area contributed by atoms with E-state index in [1.165, 1.54) is 32.1 Å². The molecule has 1 fully saturated rings. The van der Waals surface area contributed by atoms with Gasteiger partial charge in [0.05, 0.1) is 6.61 Å². The fourth-order valence-electron chi connectivity index (χ4n) is 3.15. The number of para-hydroxylation sites is 1. The van der Waals surface area contributed by atoms with Gasteiger partial charge in [-0.3, -0.25) is 4.99 Å². The zero-order valence-electron chi connectivity index (χ0n) is 14.3. The number of anilines is 1. The number of hydrogen-bond acceptors (Lipinski definition) is 2. The third kappa shape index (κ3) is 6.67. The van der Waals surface area contributed by atoms with Gasteiger partial charge in [0.15, 0.2) is 5.96 Å². The van der Waals surface area contributed by atoms with Crippen LogP contribution in [0, 0.1) is 11.8 Å². The maximum Gasteiger partial charge on any atom is 0.193 e. The molecular formula is C18H30IN3O. The van der Waals surface area contributed by atoms with Crippen molar-refractivity contribution in [1.29, 1.82) is 0 Å². The quantitative estimate of drug-likeness (QED) is 0.399. The van der Waals surface area contributed by atoms with E-state index in [9.17, 15) is 0 Å². The van der Waals surface area contributed by atoms with Crippen molar-refractivity contribution in [2.75, 3.05) is 19.0 Å². The first-order chi connectivity index (χ1) is 10.7. The van der Waals surface area contributed by atoms with Crippen molar-refractivity contribution in [1.82, 2.24) is 0 Å². The van der Waals surface area contributed by atoms with E-state index in [1.807, 2.05) is 24.3 Å². The van der Waals surface area contributed by atoms with Crippen LogP contribution in [0.2, 0.25) is 0 Å². The van der Waals surface area contributed by atoms with E-state index in [1.54, 1.807) is 7.11 Å². The first-order valence-corrected chi connectivity index (χ1v) is 8.36. The van der Waals surface area contributed by atoms with Crippen LogP contribution in [0.4, 0.5) is 5.69 Å². The second-order valence-electron chi connectivity index (χ2n) is 6.24. The number of rotatable bonds is 6. The lowest BCUT2D eigenvalue weighted by Crippen LogP contribution is -2.25. The Hall–Kier alpha value is -0.820. The molecule has 1 aromatic carbocycles. The number of methoxy groups -OCH3 is 1. The number of nitrogens with one attached hydrogen (secondary N) is 1. The zero-order valence-corrected chi connectivity index (χ0v) is 16.6. The Bertz CT molecular complexity index is 485. The van der Waals surface area contributed by atoms with E-state index in [4.69, 9.17) is 10.5 Å². The molecule has 0 aliphatic heterocycles. The number of benzene rings is 1. The number of halogens is 1. The minimum absolute atomic E-state index is 0. The van der Waals surface area contributed by atoms with Crippen LogP contribution >= 0.6 is 24.0 Å². The molecule has 5 heteroatoms. The first kappa shape index (κ1) is 20.2. The molecule has 130 valence electrons. The Morgan fingerprint density at radius 2 is 1.87 bits per heavy atom. The smallest absolute Gasteiger partial charge is 0.193 e. The number of nitrogens with zero attached hydrogens (tertiary/aromatic N) is 1. The molecule has 1 aromatic rings. The van der Waals surface area contributed by atoms with Gasteiger partial charge in [-0.1, -0.05) is 44.4 Å². The van der Waals surface area contributed by atoms with Crippen LogP contribution in [0.3, 0.4) is 0 Å². The van der Waals surface area contributed by atoms with Crippen LogP contribution in [0.25, 0.3) is 0 Å². The first-order valence-electron chi connectivity index (χ1n) is 8.36. The molecule has 23 heavy (non-hydrogen) atoms. The molecule has 0 bridgehead atoms. The third-order valence-electron chi connectivity index (χ3n) is 4.64. The van der Waals surface area contributed by atoms with Gasteiger partial charge in [0.1, 0.15) is 0 Å². The number of ether oxygens (including phenoxy) is 1. The van der Waals surface area contributed by atoms with Gasteiger partial charge in [-0.25, -0.2) is 0 Å². The SMILES string of the molecule is CCC1CCC(CN=C(N)Nc2ccccc2COC)CC1.I. The number of nitrogens with two attached hydrogens (primary N) is 1. The predicted molar refractivity (Wildman–Crippen MR) is 108 cm³/mol. The summed E-state index contributed by atoms with van der Waals surface area (Å²) in [5.41, 5.74) is 8.10. The summed E-state index contributed by atoms with van der Waals surface area (Å²) < 4.78 is 5.21. The molecule has 0 amide bonds. The standard InChI is InChI=1S/C18H29N3O.HI/c1-3-14-8-10-15(11-9-14)12-20-18(19)21-17-7-5-4-6-16(17)13-22-2;/h4-7,14-15H,3,8-13H2,1-2H3,(H3,19,20,21);1H. The highest BCUT2D eigenvalue weighted by Crippen LogP contribution is 2.30. The minimum Gasteiger partial charge on any atom is -0.380 e. The monoisotopic (exact) mass is 431 g/mol. The van der Waals surface area contributed by atoms with Crippen molar-refractivity contribution in [2.45, 2.75) is 45.6 Å². The zero-order chi connectivity index (χ0) is 15.8. The van der Waals surface area contributed by atoms with Gasteiger partial charge in [-0.2, -0.15) is 0 Å². The van der Waals surface area contributed by atoms with E-state index >= 15 is 0 Å². The van der Waals surface area contributed by atoms with Crippen molar-refractivity contribution in [3.8, 4) is 0 Å². The molecule has 4 nitrogen and oxygen atoms in total. The van der Waals surface area contributed by atoms with Crippen LogP contribution in [0.1, 0.15) is 44.6 Å². The molecule has 1 saturated carbocycles. The lowest BCUT2D eigenvalue weighted by molar-refractivity contribution is 0.185. The summed E-state index contributed by atoms with van der Waals surface area (Å²) in [6, 6.07) is 8.02. The molecule has 0 radical (unpaired) electrons. The minimum atomic E-state index is 0. The van der Waals surface area contributed by atoms with Crippen LogP contribution < -0.4 is 11.1 Å². The van der Waals surface area contributed by atoms with Crippen molar-refractivity contribution < 1.29 is 4.74 Å². The van der Waals surface area contributed by atoms with Crippen LogP contribution in [0.15, 0.2) is 29.3 Å². The van der Waals surface area contributed by atoms with Crippen molar-refractivity contribution in [3.63, 3.8) is 0 Å². The number of guanidine groups is 1. The van der Waals surface area contributed by atoms with Crippen molar-refractivity contribution in [2.24, 2.45) is 22.6 Å². The Labute approximate surface area is 157 Å². The Kier molecular flexibility index (Phi) is 9.55. The van der Waals surface area contributed by atoms with Gasteiger partial charge < -0.3 is 15.8 Å². The topological polar surface area (TPSA) is 59.6 Å². The van der Waals surface area contributed by atoms with Gasteiger partial charge in [-0.05, 0) is 30.7 Å². The summed E-state index contributed by atoms with van der Waals surface area (Å²) in [6.45, 7) is 3.70. The highest BCUT2D eigenvalue weighted by molar-refractivity contribution is 14.0. The molecule has 0 saturated heterocycles. The summed E-state index contributed by atoms with van der Waals surface area (Å²) in [5.74, 6) is 2.12. The molecule has 0 atom stereocenters. The second-order valence-corrected chi connectivity index (χ2v) is 6.24. The van der Waals surface area contributed by atoms with Crippen LogP contribution in [-0.2, 0) is 11.3 Å². The highest BCUT2D eigenvalue weighted by atomic mass is 127. The normalized spacial score (nSPS) is 21.6. The molecule has 0 spiro atoms. The number of aliphatic imine (C=N–C) groups is 1. The Balaban J connectivity index is 0.00000264. The maximum absolute atomic E-state index is 6.04. The summed E-state index contributed by atoms with van der Waals surface area (Å²) in [6.07, 6.45) is 6.59. The van der Waals surface area contributed by atoms with E-state index in [0.717, 1.165) is 23.7 Å². The van der Waals surface area contributed by atoms with Gasteiger partial charge in [-0.15, -0.1) is 24.0 Å². The van der Waals surface area contributed by atoms with Gasteiger partial charge in [0.2, 0.25) is 0 Å². The van der Waals surface area contributed by atoms with E-state index in [2.05, 4.69) is 17.2 Å². The summed E-state index contributed by atoms with van der Waals surface area (Å²) >= 11 is 0. The predicted octanol–water partition coefficient (Wildman–Crippen LogP) is 4.39. The molecule has 0 heterocycles. The van der Waals surface area contributed by atoms with E-state index < -0.39 is 0 Å². The average molecular weight is 431 g/mol. The van der Waals surface area contributed by atoms with Crippen molar-refractivity contribution in [3.05, 3.63) is 29.8 Å². The average Bonchev–Trinajstić information content (AvgIpc) is 2.55. The maximum atomic E-state index is 6.04. The fourth-order valence-corrected chi connectivity index (χ4v) is 3.15. The van der Waals surface area contributed by atoms with Gasteiger partial charge >= 0.3 is 0 Å². The van der Waals surface area contributed by atoms with E-state index in [-0.39, 0.29) is 24.0 Å². The molecule has 0 unspecified atom stereocenters. The highest BCUT2D eigenvalue weighted by Gasteiger charge is 2.19. The third-order valence-corrected chi connectivity index (χ3v) is 4.64. The van der Waals surface area contributed by atoms with Crippen LogP contribution in [-0.4, -0.2) is 19.6 Å². The fraction of sp³-hybridized carbons (Fsp3) is 0.611. The van der Waals surface area contributed by atoms with E-state index in [0.29, 0.717) is 18.5 Å². The molecule has 1 aliphatic rings. The number of hydrogen-bond donors (Lipinski definition) is 2. The van der Waals surface area contributed by atoms with Gasteiger partial charge in [0, 0.05) is 24.9 Å². The molecule has 2 rings (SSSR count). The molecular weight excluding hydrogens is 401 g/mol. The second kappa shape index (κ2) is 10.9. The lowest BCUT2D eigenvalue weighted by Gasteiger charge is -2.26.